The molecule has 0 unspecified atom stereocenters. The summed E-state index contributed by atoms with van der Waals surface area (Å²) in [6.45, 7) is 1.69. The second-order valence-corrected chi connectivity index (χ2v) is 9.51. The number of nitrogens with zero attached hydrogens (tertiary/aromatic N) is 3. The Labute approximate surface area is 205 Å². The number of rotatable bonds is 8. The normalized spacial score (nSPS) is 18.2. The number of hydrogen-bond acceptors (Lipinski definition) is 4. The lowest BCUT2D eigenvalue weighted by Gasteiger charge is -2.28. The standard InChI is InChI=1S/C28H32FN3O3/c1-31-28(35-23-15-13-22(29)14-16-23)25(26(30-31)20-8-3-2-4-9-20)19-32(18-24-12-7-17-34-24)27(33)21-10-5-6-11-21/h2-4,8-9,13-16,21,24H,5-7,10-12,17-19H2,1H3/t24-/m0/s1. The molecule has 35 heavy (non-hydrogen) atoms. The monoisotopic (exact) mass is 477 g/mol. The molecule has 6 nitrogen and oxygen atoms in total. The number of aryl methyl sites for hydroxylation is 1. The quantitative estimate of drug-likeness (QED) is 0.417. The van der Waals surface area contributed by atoms with E-state index >= 15 is 0 Å². The van der Waals surface area contributed by atoms with Gasteiger partial charge in [0.15, 0.2) is 0 Å². The van der Waals surface area contributed by atoms with Crippen molar-refractivity contribution in [3.05, 3.63) is 66.0 Å². The number of benzene rings is 2. The van der Waals surface area contributed by atoms with Crippen molar-refractivity contribution in [1.82, 2.24) is 14.7 Å². The second kappa shape index (κ2) is 10.6. The highest BCUT2D eigenvalue weighted by atomic mass is 19.1. The first-order valence-electron chi connectivity index (χ1n) is 12.5. The number of halogens is 1. The Morgan fingerprint density at radius 2 is 1.83 bits per heavy atom. The SMILES string of the molecule is Cn1nc(-c2ccccc2)c(CN(C[C@@H]2CCCO2)C(=O)C2CCCC2)c1Oc1ccc(F)cc1. The first-order chi connectivity index (χ1) is 17.1. The molecule has 0 bridgehead atoms. The molecular weight excluding hydrogens is 445 g/mol. The molecule has 184 valence electrons. The van der Waals surface area contributed by atoms with Crippen LogP contribution in [0.5, 0.6) is 11.6 Å². The Balaban J connectivity index is 1.52. The molecule has 7 heteroatoms. The molecule has 1 amide bonds. The van der Waals surface area contributed by atoms with Crippen molar-refractivity contribution >= 4 is 5.91 Å². The molecule has 5 rings (SSSR count). The van der Waals surface area contributed by atoms with E-state index in [0.717, 1.165) is 62.0 Å². The van der Waals surface area contributed by atoms with Crippen molar-refractivity contribution < 1.29 is 18.7 Å². The van der Waals surface area contributed by atoms with Gasteiger partial charge in [0.1, 0.15) is 17.3 Å². The van der Waals surface area contributed by atoms with Gasteiger partial charge >= 0.3 is 0 Å². The van der Waals surface area contributed by atoms with Crippen molar-refractivity contribution in [3.63, 3.8) is 0 Å². The van der Waals surface area contributed by atoms with Crippen molar-refractivity contribution in [2.45, 2.75) is 51.2 Å². The van der Waals surface area contributed by atoms with Gasteiger partial charge in [0.05, 0.1) is 18.2 Å². The van der Waals surface area contributed by atoms with E-state index in [9.17, 15) is 9.18 Å². The summed E-state index contributed by atoms with van der Waals surface area (Å²) in [7, 11) is 1.83. The summed E-state index contributed by atoms with van der Waals surface area (Å²) in [5.74, 6) is 0.996. The van der Waals surface area contributed by atoms with E-state index in [-0.39, 0.29) is 23.7 Å². The third kappa shape index (κ3) is 5.40. The summed E-state index contributed by atoms with van der Waals surface area (Å²) in [6, 6.07) is 15.9. The number of aromatic nitrogens is 2. The summed E-state index contributed by atoms with van der Waals surface area (Å²) < 4.78 is 27.3. The molecule has 1 saturated heterocycles. The molecule has 0 radical (unpaired) electrons. The highest BCUT2D eigenvalue weighted by Gasteiger charge is 2.32. The zero-order valence-corrected chi connectivity index (χ0v) is 20.2. The van der Waals surface area contributed by atoms with Gasteiger partial charge in [-0.1, -0.05) is 43.2 Å². The van der Waals surface area contributed by atoms with Crippen LogP contribution in [-0.2, 0) is 23.1 Å². The molecule has 2 aliphatic rings. The molecule has 2 aromatic carbocycles. The topological polar surface area (TPSA) is 56.6 Å². The van der Waals surface area contributed by atoms with E-state index in [0.29, 0.717) is 24.7 Å². The third-order valence-corrected chi connectivity index (χ3v) is 6.98. The van der Waals surface area contributed by atoms with Gasteiger partial charge in [-0.25, -0.2) is 9.07 Å². The molecular formula is C28H32FN3O3. The van der Waals surface area contributed by atoms with Crippen LogP contribution in [0.2, 0.25) is 0 Å². The molecule has 1 aliphatic heterocycles. The lowest BCUT2D eigenvalue weighted by atomic mass is 10.0. The van der Waals surface area contributed by atoms with Crippen LogP contribution >= 0.6 is 0 Å². The molecule has 1 aromatic heterocycles. The predicted octanol–water partition coefficient (Wildman–Crippen LogP) is 5.72. The fourth-order valence-corrected chi connectivity index (χ4v) is 5.15. The van der Waals surface area contributed by atoms with Crippen LogP contribution in [0.3, 0.4) is 0 Å². The maximum atomic E-state index is 13.7. The number of amides is 1. The first-order valence-corrected chi connectivity index (χ1v) is 12.5. The number of carbonyl (C=O) groups excluding carboxylic acids is 1. The van der Waals surface area contributed by atoms with Crippen molar-refractivity contribution in [2.24, 2.45) is 13.0 Å². The molecule has 3 aromatic rings. The summed E-state index contributed by atoms with van der Waals surface area (Å²) in [5, 5.41) is 4.78. The summed E-state index contributed by atoms with van der Waals surface area (Å²) >= 11 is 0. The third-order valence-electron chi connectivity index (χ3n) is 6.98. The number of carbonyl (C=O) groups is 1. The van der Waals surface area contributed by atoms with Gasteiger partial charge in [0.25, 0.3) is 0 Å². The lowest BCUT2D eigenvalue weighted by Crippen LogP contribution is -2.40. The van der Waals surface area contributed by atoms with Gasteiger partial charge in [0, 0.05) is 31.7 Å². The molecule has 0 spiro atoms. The van der Waals surface area contributed by atoms with Crippen LogP contribution in [-0.4, -0.2) is 39.8 Å². The van der Waals surface area contributed by atoms with Gasteiger partial charge in [0.2, 0.25) is 11.8 Å². The summed E-state index contributed by atoms with van der Waals surface area (Å²) in [4.78, 5) is 15.6. The number of ether oxygens (including phenoxy) is 2. The van der Waals surface area contributed by atoms with Gasteiger partial charge in [-0.3, -0.25) is 4.79 Å². The van der Waals surface area contributed by atoms with E-state index in [2.05, 4.69) is 0 Å². The van der Waals surface area contributed by atoms with E-state index in [1.54, 1.807) is 16.8 Å². The first kappa shape index (κ1) is 23.5. The molecule has 2 heterocycles. The zero-order valence-electron chi connectivity index (χ0n) is 20.2. The molecule has 1 saturated carbocycles. The minimum Gasteiger partial charge on any atom is -0.439 e. The van der Waals surface area contributed by atoms with Crippen LogP contribution < -0.4 is 4.74 Å². The zero-order chi connectivity index (χ0) is 24.2. The second-order valence-electron chi connectivity index (χ2n) is 9.51. The smallest absolute Gasteiger partial charge is 0.226 e. The average molecular weight is 478 g/mol. The van der Waals surface area contributed by atoms with Crippen LogP contribution in [0.4, 0.5) is 4.39 Å². The maximum absolute atomic E-state index is 13.7. The van der Waals surface area contributed by atoms with E-state index in [1.165, 1.54) is 12.1 Å². The highest BCUT2D eigenvalue weighted by Crippen LogP contribution is 2.36. The summed E-state index contributed by atoms with van der Waals surface area (Å²) in [5.41, 5.74) is 2.58. The summed E-state index contributed by atoms with van der Waals surface area (Å²) in [6.07, 6.45) is 6.13. The van der Waals surface area contributed by atoms with Gasteiger partial charge in [-0.15, -0.1) is 0 Å². The lowest BCUT2D eigenvalue weighted by molar-refractivity contribution is -0.137. The fraction of sp³-hybridized carbons (Fsp3) is 0.429. The van der Waals surface area contributed by atoms with Gasteiger partial charge in [-0.05, 0) is 49.9 Å². The molecule has 2 fully saturated rings. The maximum Gasteiger partial charge on any atom is 0.226 e. The molecule has 1 aliphatic carbocycles. The van der Waals surface area contributed by atoms with E-state index < -0.39 is 0 Å². The largest absolute Gasteiger partial charge is 0.439 e. The highest BCUT2D eigenvalue weighted by molar-refractivity contribution is 5.79. The Hall–Kier alpha value is -3.19. The Morgan fingerprint density at radius 3 is 2.51 bits per heavy atom. The minimum absolute atomic E-state index is 0.0543. The molecule has 0 N–H and O–H groups in total. The van der Waals surface area contributed by atoms with E-state index in [4.69, 9.17) is 14.6 Å². The van der Waals surface area contributed by atoms with Gasteiger partial charge < -0.3 is 14.4 Å². The minimum atomic E-state index is -0.322. The predicted molar refractivity (Wildman–Crippen MR) is 131 cm³/mol. The Morgan fingerprint density at radius 1 is 1.09 bits per heavy atom. The van der Waals surface area contributed by atoms with Crippen LogP contribution in [0.25, 0.3) is 11.3 Å². The van der Waals surface area contributed by atoms with Crippen molar-refractivity contribution in [1.29, 1.82) is 0 Å². The fourth-order valence-electron chi connectivity index (χ4n) is 5.15. The number of hydrogen-bond donors (Lipinski definition) is 0. The van der Waals surface area contributed by atoms with Crippen LogP contribution in [0.15, 0.2) is 54.6 Å². The van der Waals surface area contributed by atoms with Crippen molar-refractivity contribution in [2.75, 3.05) is 13.2 Å². The van der Waals surface area contributed by atoms with Crippen molar-refractivity contribution in [3.8, 4) is 22.9 Å². The van der Waals surface area contributed by atoms with Crippen LogP contribution in [0.1, 0.15) is 44.1 Å². The Kier molecular flexibility index (Phi) is 7.13. The van der Waals surface area contributed by atoms with Gasteiger partial charge in [-0.2, -0.15) is 5.10 Å². The van der Waals surface area contributed by atoms with E-state index in [1.807, 2.05) is 42.3 Å². The molecule has 1 atom stereocenters. The average Bonchev–Trinajstić information content (AvgIpc) is 3.64. The van der Waals surface area contributed by atoms with Crippen LogP contribution in [0, 0.1) is 11.7 Å². The Bertz CT molecular complexity index is 1130.